The van der Waals surface area contributed by atoms with E-state index in [-0.39, 0.29) is 11.4 Å². The Kier molecular flexibility index (Phi) is 4.50. The molecule has 0 atom stereocenters. The van der Waals surface area contributed by atoms with Crippen LogP contribution in [-0.2, 0) is 22.1 Å². The third-order valence-corrected chi connectivity index (χ3v) is 2.49. The number of halogens is 4. The molecule has 0 saturated heterocycles. The minimum Gasteiger partial charge on any atom is -0.460 e. The molecule has 0 radical (unpaired) electrons. The molecule has 106 valence electrons. The molecule has 0 aromatic heterocycles. The highest BCUT2D eigenvalue weighted by Crippen LogP contribution is 2.32. The van der Waals surface area contributed by atoms with Gasteiger partial charge in [-0.2, -0.15) is 13.2 Å². The van der Waals surface area contributed by atoms with Crippen LogP contribution in [0.2, 0.25) is 5.02 Å². The summed E-state index contributed by atoms with van der Waals surface area (Å²) in [6.45, 7) is 5.12. The fourth-order valence-corrected chi connectivity index (χ4v) is 1.65. The summed E-state index contributed by atoms with van der Waals surface area (Å²) in [6.07, 6.45) is -4.61. The molecule has 1 rings (SSSR count). The number of benzene rings is 1. The van der Waals surface area contributed by atoms with Gasteiger partial charge in [-0.1, -0.05) is 17.7 Å². The first-order chi connectivity index (χ1) is 8.49. The largest absolute Gasteiger partial charge is 0.460 e. The molecule has 2 nitrogen and oxygen atoms in total. The van der Waals surface area contributed by atoms with E-state index in [0.29, 0.717) is 5.56 Å². The van der Waals surface area contributed by atoms with Crippen LogP contribution in [0.25, 0.3) is 0 Å². The van der Waals surface area contributed by atoms with Crippen LogP contribution < -0.4 is 0 Å². The molecule has 0 fully saturated rings. The van der Waals surface area contributed by atoms with Gasteiger partial charge in [0.05, 0.1) is 12.0 Å². The van der Waals surface area contributed by atoms with Gasteiger partial charge < -0.3 is 4.74 Å². The van der Waals surface area contributed by atoms with Gasteiger partial charge in [-0.3, -0.25) is 4.79 Å². The van der Waals surface area contributed by atoms with E-state index < -0.39 is 23.3 Å². The molecule has 1 aromatic carbocycles. The summed E-state index contributed by atoms with van der Waals surface area (Å²) in [4.78, 5) is 11.6. The lowest BCUT2D eigenvalue weighted by Crippen LogP contribution is -2.25. The Balaban J connectivity index is 2.84. The van der Waals surface area contributed by atoms with Crippen molar-refractivity contribution in [1.29, 1.82) is 0 Å². The topological polar surface area (TPSA) is 26.3 Å². The number of rotatable bonds is 2. The highest BCUT2D eigenvalue weighted by Gasteiger charge is 2.31. The van der Waals surface area contributed by atoms with Crippen molar-refractivity contribution in [2.24, 2.45) is 0 Å². The zero-order valence-electron chi connectivity index (χ0n) is 10.8. The zero-order valence-corrected chi connectivity index (χ0v) is 11.5. The summed E-state index contributed by atoms with van der Waals surface area (Å²) in [5.41, 5.74) is -1.18. The molecule has 0 aliphatic carbocycles. The molecule has 0 aliphatic heterocycles. The van der Waals surface area contributed by atoms with Gasteiger partial charge in [0.2, 0.25) is 0 Å². The Labute approximate surface area is 114 Å². The fraction of sp³-hybridized carbons (Fsp3) is 0.462. The monoisotopic (exact) mass is 294 g/mol. The molecule has 1 aromatic rings. The van der Waals surface area contributed by atoms with E-state index in [9.17, 15) is 18.0 Å². The van der Waals surface area contributed by atoms with Gasteiger partial charge in [-0.15, -0.1) is 0 Å². The molecule has 0 aliphatic rings. The molecule has 0 unspecified atom stereocenters. The Bertz CT molecular complexity index is 476. The number of ether oxygens (including phenoxy) is 1. The van der Waals surface area contributed by atoms with E-state index in [2.05, 4.69) is 0 Å². The summed E-state index contributed by atoms with van der Waals surface area (Å²) in [5, 5.41) is -0.0966. The summed E-state index contributed by atoms with van der Waals surface area (Å²) >= 11 is 5.74. The van der Waals surface area contributed by atoms with Crippen LogP contribution >= 0.6 is 11.6 Å². The van der Waals surface area contributed by atoms with Crippen LogP contribution in [0.1, 0.15) is 31.9 Å². The number of hydrogen-bond acceptors (Lipinski definition) is 2. The lowest BCUT2D eigenvalue weighted by atomic mass is 10.1. The van der Waals surface area contributed by atoms with Crippen LogP contribution in [0, 0.1) is 0 Å². The highest BCUT2D eigenvalue weighted by molar-refractivity contribution is 6.31. The van der Waals surface area contributed by atoms with Gasteiger partial charge >= 0.3 is 12.1 Å². The van der Waals surface area contributed by atoms with Crippen LogP contribution in [-0.4, -0.2) is 11.6 Å². The highest BCUT2D eigenvalue weighted by atomic mass is 35.5. The summed E-state index contributed by atoms with van der Waals surface area (Å²) in [7, 11) is 0. The summed E-state index contributed by atoms with van der Waals surface area (Å²) < 4.78 is 42.4. The lowest BCUT2D eigenvalue weighted by molar-refractivity contribution is -0.153. The molecular weight excluding hydrogens is 281 g/mol. The standard InChI is InChI=1S/C13H14ClF3O2/c1-12(2,3)19-11(18)6-8-4-5-9(7-10(8)14)13(15,16)17/h4-5,7H,6H2,1-3H3. The van der Waals surface area contributed by atoms with E-state index in [1.807, 2.05) is 0 Å². The van der Waals surface area contributed by atoms with E-state index in [0.717, 1.165) is 12.1 Å². The third kappa shape index (κ3) is 5.11. The van der Waals surface area contributed by atoms with Gasteiger partial charge in [-0.25, -0.2) is 0 Å². The van der Waals surface area contributed by atoms with Gasteiger partial charge in [0.1, 0.15) is 5.60 Å². The Hall–Kier alpha value is -1.23. The Morgan fingerprint density at radius 2 is 1.84 bits per heavy atom. The van der Waals surface area contributed by atoms with Crippen molar-refractivity contribution in [3.8, 4) is 0 Å². The molecule has 0 bridgehead atoms. The average Bonchev–Trinajstić information content (AvgIpc) is 2.16. The minimum absolute atomic E-state index is 0.0966. The minimum atomic E-state index is -4.45. The predicted molar refractivity (Wildman–Crippen MR) is 66.0 cm³/mol. The second-order valence-electron chi connectivity index (χ2n) is 5.07. The van der Waals surface area contributed by atoms with E-state index in [1.54, 1.807) is 20.8 Å². The summed E-state index contributed by atoms with van der Waals surface area (Å²) in [6, 6.07) is 2.89. The van der Waals surface area contributed by atoms with Gasteiger partial charge in [0, 0.05) is 5.02 Å². The van der Waals surface area contributed by atoms with Crippen LogP contribution in [0.5, 0.6) is 0 Å². The average molecular weight is 295 g/mol. The molecule has 0 spiro atoms. The zero-order chi connectivity index (χ0) is 14.8. The van der Waals surface area contributed by atoms with E-state index in [4.69, 9.17) is 16.3 Å². The predicted octanol–water partition coefficient (Wildman–Crippen LogP) is 4.24. The van der Waals surface area contributed by atoms with Crippen LogP contribution in [0.15, 0.2) is 18.2 Å². The normalized spacial score (nSPS) is 12.4. The number of hydrogen-bond donors (Lipinski definition) is 0. The molecule has 0 N–H and O–H groups in total. The number of carbonyl (C=O) groups excluding carboxylic acids is 1. The second-order valence-corrected chi connectivity index (χ2v) is 5.47. The molecular formula is C13H14ClF3O2. The van der Waals surface area contributed by atoms with Crippen molar-refractivity contribution < 1.29 is 22.7 Å². The first-order valence-corrected chi connectivity index (χ1v) is 5.94. The van der Waals surface area contributed by atoms with Crippen molar-refractivity contribution >= 4 is 17.6 Å². The van der Waals surface area contributed by atoms with E-state index >= 15 is 0 Å². The third-order valence-electron chi connectivity index (χ3n) is 2.14. The van der Waals surface area contributed by atoms with E-state index in [1.165, 1.54) is 6.07 Å². The maximum absolute atomic E-state index is 12.4. The Morgan fingerprint density at radius 1 is 1.26 bits per heavy atom. The van der Waals surface area contributed by atoms with Crippen LogP contribution in [0.4, 0.5) is 13.2 Å². The fourth-order valence-electron chi connectivity index (χ4n) is 1.40. The number of alkyl halides is 3. The van der Waals surface area contributed by atoms with Gasteiger partial charge in [0.25, 0.3) is 0 Å². The quantitative estimate of drug-likeness (QED) is 0.763. The molecule has 19 heavy (non-hydrogen) atoms. The SMILES string of the molecule is CC(C)(C)OC(=O)Cc1ccc(C(F)(F)F)cc1Cl. The molecule has 0 heterocycles. The smallest absolute Gasteiger partial charge is 0.416 e. The Morgan fingerprint density at radius 3 is 2.26 bits per heavy atom. The van der Waals surface area contributed by atoms with Crippen molar-refractivity contribution in [2.45, 2.75) is 39.0 Å². The maximum atomic E-state index is 12.4. The van der Waals surface area contributed by atoms with Gasteiger partial charge in [0.15, 0.2) is 0 Å². The second kappa shape index (κ2) is 5.41. The maximum Gasteiger partial charge on any atom is 0.416 e. The first kappa shape index (κ1) is 15.8. The lowest BCUT2D eigenvalue weighted by Gasteiger charge is -2.19. The van der Waals surface area contributed by atoms with Crippen molar-refractivity contribution in [2.75, 3.05) is 0 Å². The molecule has 6 heteroatoms. The molecule has 0 amide bonds. The van der Waals surface area contributed by atoms with Crippen molar-refractivity contribution in [3.63, 3.8) is 0 Å². The van der Waals surface area contributed by atoms with Crippen molar-refractivity contribution in [1.82, 2.24) is 0 Å². The first-order valence-electron chi connectivity index (χ1n) is 5.56. The van der Waals surface area contributed by atoms with Gasteiger partial charge in [-0.05, 0) is 38.5 Å². The number of esters is 1. The molecule has 0 saturated carbocycles. The number of carbonyl (C=O) groups is 1. The van der Waals surface area contributed by atoms with Crippen molar-refractivity contribution in [3.05, 3.63) is 34.3 Å². The summed E-state index contributed by atoms with van der Waals surface area (Å²) in [5.74, 6) is -0.533. The van der Waals surface area contributed by atoms with Crippen LogP contribution in [0.3, 0.4) is 0 Å².